The first-order valence-corrected chi connectivity index (χ1v) is 6.96. The van der Waals surface area contributed by atoms with Gasteiger partial charge in [-0.1, -0.05) is 0 Å². The van der Waals surface area contributed by atoms with Crippen LogP contribution in [0.4, 0.5) is 5.69 Å². The third kappa shape index (κ3) is 3.10. The summed E-state index contributed by atoms with van der Waals surface area (Å²) >= 11 is 3.30. The Morgan fingerprint density at radius 2 is 2.12 bits per heavy atom. The van der Waals surface area contributed by atoms with Crippen LogP contribution in [-0.2, 0) is 16.6 Å². The summed E-state index contributed by atoms with van der Waals surface area (Å²) in [6.07, 6.45) is 4.77. The molecule has 4 nitrogen and oxygen atoms in total. The van der Waals surface area contributed by atoms with Crippen LogP contribution in [0.25, 0.3) is 0 Å². The van der Waals surface area contributed by atoms with Gasteiger partial charge in [0.1, 0.15) is 0 Å². The number of aromatic nitrogens is 2. The van der Waals surface area contributed by atoms with Crippen molar-refractivity contribution in [1.29, 1.82) is 0 Å². The van der Waals surface area contributed by atoms with Crippen molar-refractivity contribution >= 4 is 32.4 Å². The molecule has 0 saturated carbocycles. The summed E-state index contributed by atoms with van der Waals surface area (Å²) < 4.78 is 13.0. The van der Waals surface area contributed by atoms with E-state index < -0.39 is 10.8 Å². The zero-order valence-corrected chi connectivity index (χ0v) is 11.2. The Morgan fingerprint density at radius 3 is 2.76 bits per heavy atom. The number of pyridine rings is 2. The van der Waals surface area contributed by atoms with Gasteiger partial charge in [-0.25, -0.2) is 0 Å². The van der Waals surface area contributed by atoms with Gasteiger partial charge in [0.2, 0.25) is 0 Å². The summed E-state index contributed by atoms with van der Waals surface area (Å²) in [6, 6.07) is 5.37. The van der Waals surface area contributed by atoms with Gasteiger partial charge in [-0.05, 0) is 34.1 Å². The van der Waals surface area contributed by atoms with E-state index in [1.807, 2.05) is 12.1 Å². The molecular formula is C11H10BrN3OS. The van der Waals surface area contributed by atoms with E-state index in [2.05, 4.69) is 25.9 Å². The van der Waals surface area contributed by atoms with E-state index in [-0.39, 0.29) is 0 Å². The van der Waals surface area contributed by atoms with Crippen LogP contribution >= 0.6 is 15.9 Å². The van der Waals surface area contributed by atoms with E-state index in [9.17, 15) is 4.21 Å². The molecule has 0 radical (unpaired) electrons. The van der Waals surface area contributed by atoms with Crippen LogP contribution in [0.2, 0.25) is 0 Å². The SMILES string of the molecule is Nc1cnccc1S(=O)Cc1ccc(Br)cn1. The number of anilines is 1. The van der Waals surface area contributed by atoms with Crippen LogP contribution in [-0.4, -0.2) is 14.2 Å². The van der Waals surface area contributed by atoms with Gasteiger partial charge in [0.05, 0.1) is 39.0 Å². The van der Waals surface area contributed by atoms with Gasteiger partial charge in [-0.15, -0.1) is 0 Å². The Hall–Kier alpha value is -1.27. The molecule has 2 N–H and O–H groups in total. The topological polar surface area (TPSA) is 68.9 Å². The largest absolute Gasteiger partial charge is 0.396 e. The first-order chi connectivity index (χ1) is 8.16. The van der Waals surface area contributed by atoms with Gasteiger partial charge < -0.3 is 5.73 Å². The van der Waals surface area contributed by atoms with Gasteiger partial charge in [-0.3, -0.25) is 14.2 Å². The normalized spacial score (nSPS) is 12.3. The van der Waals surface area contributed by atoms with Gasteiger partial charge in [0, 0.05) is 16.9 Å². The van der Waals surface area contributed by atoms with Crippen LogP contribution in [0.1, 0.15) is 5.69 Å². The molecule has 0 aliphatic heterocycles. The Kier molecular flexibility index (Phi) is 3.86. The molecule has 0 amide bonds. The van der Waals surface area contributed by atoms with Crippen molar-refractivity contribution in [3.63, 3.8) is 0 Å². The second kappa shape index (κ2) is 5.37. The highest BCUT2D eigenvalue weighted by molar-refractivity contribution is 9.10. The minimum absolute atomic E-state index is 0.349. The lowest BCUT2D eigenvalue weighted by atomic mass is 10.4. The molecule has 0 spiro atoms. The lowest BCUT2D eigenvalue weighted by molar-refractivity contribution is 0.682. The number of nitrogen functional groups attached to an aromatic ring is 1. The fourth-order valence-corrected chi connectivity index (χ4v) is 2.66. The van der Waals surface area contributed by atoms with Crippen molar-refractivity contribution in [3.8, 4) is 0 Å². The highest BCUT2D eigenvalue weighted by atomic mass is 79.9. The molecule has 1 unspecified atom stereocenters. The predicted octanol–water partition coefficient (Wildman–Crippen LogP) is 2.13. The van der Waals surface area contributed by atoms with E-state index in [1.165, 1.54) is 6.20 Å². The molecule has 0 aliphatic rings. The molecule has 2 aromatic heterocycles. The zero-order valence-electron chi connectivity index (χ0n) is 8.84. The maximum absolute atomic E-state index is 12.1. The standard InChI is InChI=1S/C11H10BrN3OS/c12-8-1-2-9(15-5-8)7-17(16)11-3-4-14-6-10(11)13/h1-6H,7,13H2. The minimum atomic E-state index is -1.20. The lowest BCUT2D eigenvalue weighted by Crippen LogP contribution is -2.02. The van der Waals surface area contributed by atoms with Gasteiger partial charge in [0.25, 0.3) is 0 Å². The molecular weight excluding hydrogens is 302 g/mol. The highest BCUT2D eigenvalue weighted by Crippen LogP contribution is 2.17. The number of nitrogens with zero attached hydrogens (tertiary/aromatic N) is 2. The molecule has 0 fully saturated rings. The number of halogens is 1. The summed E-state index contributed by atoms with van der Waals surface area (Å²) in [5, 5.41) is 0. The van der Waals surface area contributed by atoms with Gasteiger partial charge in [0.15, 0.2) is 0 Å². The average molecular weight is 312 g/mol. The van der Waals surface area contributed by atoms with Crippen molar-refractivity contribution in [3.05, 3.63) is 47.0 Å². The lowest BCUT2D eigenvalue weighted by Gasteiger charge is -2.04. The number of rotatable bonds is 3. The number of nitrogens with two attached hydrogens (primary N) is 1. The molecule has 17 heavy (non-hydrogen) atoms. The highest BCUT2D eigenvalue weighted by Gasteiger charge is 2.09. The van der Waals surface area contributed by atoms with Crippen LogP contribution in [0.5, 0.6) is 0 Å². The first-order valence-electron chi connectivity index (χ1n) is 4.85. The van der Waals surface area contributed by atoms with Crippen molar-refractivity contribution in [2.75, 3.05) is 5.73 Å². The second-order valence-electron chi connectivity index (χ2n) is 3.37. The monoisotopic (exact) mass is 311 g/mol. The Balaban J connectivity index is 2.17. The van der Waals surface area contributed by atoms with Crippen LogP contribution in [0, 0.1) is 0 Å². The Labute approximate surface area is 110 Å². The second-order valence-corrected chi connectivity index (χ2v) is 5.71. The maximum atomic E-state index is 12.1. The van der Waals surface area contributed by atoms with E-state index in [0.717, 1.165) is 10.2 Å². The summed E-state index contributed by atoms with van der Waals surface area (Å²) in [4.78, 5) is 8.64. The van der Waals surface area contributed by atoms with Crippen LogP contribution in [0.3, 0.4) is 0 Å². The van der Waals surface area contributed by atoms with Crippen molar-refractivity contribution < 1.29 is 4.21 Å². The molecule has 0 aromatic carbocycles. The predicted molar refractivity (Wildman–Crippen MR) is 70.7 cm³/mol. The zero-order chi connectivity index (χ0) is 12.3. The molecule has 0 aliphatic carbocycles. The van der Waals surface area contributed by atoms with Crippen LogP contribution < -0.4 is 5.73 Å². The summed E-state index contributed by atoms with van der Waals surface area (Å²) in [5.41, 5.74) is 6.93. The molecule has 2 rings (SSSR count). The maximum Gasteiger partial charge on any atom is 0.0706 e. The van der Waals surface area contributed by atoms with Crippen molar-refractivity contribution in [2.45, 2.75) is 10.6 Å². The third-order valence-electron chi connectivity index (χ3n) is 2.12. The summed E-state index contributed by atoms with van der Waals surface area (Å²) in [6.45, 7) is 0. The Bertz CT molecular complexity index is 545. The Morgan fingerprint density at radius 1 is 1.29 bits per heavy atom. The van der Waals surface area contributed by atoms with E-state index >= 15 is 0 Å². The molecule has 0 saturated heterocycles. The van der Waals surface area contributed by atoms with Gasteiger partial charge >= 0.3 is 0 Å². The summed E-state index contributed by atoms with van der Waals surface area (Å²) in [7, 11) is -1.20. The van der Waals surface area contributed by atoms with E-state index in [1.54, 1.807) is 18.5 Å². The smallest absolute Gasteiger partial charge is 0.0706 e. The first kappa shape index (κ1) is 12.2. The molecule has 1 atom stereocenters. The summed E-state index contributed by atoms with van der Waals surface area (Å²) in [5.74, 6) is 0.349. The third-order valence-corrected chi connectivity index (χ3v) is 4.01. The molecule has 2 aromatic rings. The van der Waals surface area contributed by atoms with E-state index in [4.69, 9.17) is 5.73 Å². The van der Waals surface area contributed by atoms with Gasteiger partial charge in [-0.2, -0.15) is 0 Å². The molecule has 2 heterocycles. The number of hydrogen-bond donors (Lipinski definition) is 1. The molecule has 0 bridgehead atoms. The van der Waals surface area contributed by atoms with E-state index in [0.29, 0.717) is 16.3 Å². The fraction of sp³-hybridized carbons (Fsp3) is 0.0909. The molecule has 6 heteroatoms. The number of hydrogen-bond acceptors (Lipinski definition) is 4. The van der Waals surface area contributed by atoms with Crippen molar-refractivity contribution in [2.24, 2.45) is 0 Å². The average Bonchev–Trinajstić information content (AvgIpc) is 2.32. The minimum Gasteiger partial charge on any atom is -0.396 e. The quantitative estimate of drug-likeness (QED) is 0.942. The molecule has 88 valence electrons. The van der Waals surface area contributed by atoms with Crippen molar-refractivity contribution in [1.82, 2.24) is 9.97 Å². The van der Waals surface area contributed by atoms with Crippen LogP contribution in [0.15, 0.2) is 46.2 Å². The fourth-order valence-electron chi connectivity index (χ4n) is 1.31.